The first kappa shape index (κ1) is 21.5. The fourth-order valence-electron chi connectivity index (χ4n) is 6.56. The third-order valence-electron chi connectivity index (χ3n) is 8.30. The van der Waals surface area contributed by atoms with Crippen LogP contribution in [0, 0.1) is 0 Å². The third kappa shape index (κ3) is 2.92. The average molecular weight is 510 g/mol. The number of hydrogen-bond donors (Lipinski definition) is 0. The van der Waals surface area contributed by atoms with Gasteiger partial charge in [-0.15, -0.1) is 0 Å². The van der Waals surface area contributed by atoms with Crippen molar-refractivity contribution < 1.29 is 0 Å². The van der Waals surface area contributed by atoms with E-state index in [0.29, 0.717) is 0 Å². The average Bonchev–Trinajstić information content (AvgIpc) is 3.53. The highest BCUT2D eigenvalue weighted by molar-refractivity contribution is 6.28. The van der Waals surface area contributed by atoms with Gasteiger partial charge in [-0.1, -0.05) is 78.9 Å². The summed E-state index contributed by atoms with van der Waals surface area (Å²) < 4.78 is 4.77. The van der Waals surface area contributed by atoms with Gasteiger partial charge in [0.05, 0.1) is 27.6 Å². The second kappa shape index (κ2) is 8.05. The summed E-state index contributed by atoms with van der Waals surface area (Å²) in [6.45, 7) is 0. The van der Waals surface area contributed by atoms with Crippen LogP contribution < -0.4 is 0 Å². The molecule has 6 aromatic carbocycles. The third-order valence-corrected chi connectivity index (χ3v) is 8.30. The van der Waals surface area contributed by atoms with Crippen LogP contribution >= 0.6 is 0 Å². The molecule has 0 saturated carbocycles. The van der Waals surface area contributed by atoms with Crippen LogP contribution in [0.4, 0.5) is 0 Å². The molecule has 186 valence electrons. The standard InChI is InChI=1S/C37H23N3/c1-3-10-26-22-28(17-15-24(26)8-1)39-31-13-6-5-12-30(31)35-32(39)19-20-33-36(35)37-34(14-7-21-38-37)40(33)29-18-16-25-9-2-4-11-27(25)23-29/h1-23H. The van der Waals surface area contributed by atoms with Crippen LogP contribution in [0.1, 0.15) is 0 Å². The molecular weight excluding hydrogens is 486 g/mol. The monoisotopic (exact) mass is 509 g/mol. The smallest absolute Gasteiger partial charge is 0.0970 e. The van der Waals surface area contributed by atoms with Crippen LogP contribution in [-0.4, -0.2) is 14.1 Å². The van der Waals surface area contributed by atoms with Gasteiger partial charge in [0.1, 0.15) is 0 Å². The maximum absolute atomic E-state index is 4.97. The lowest BCUT2D eigenvalue weighted by Gasteiger charge is -2.10. The van der Waals surface area contributed by atoms with Gasteiger partial charge in [-0.2, -0.15) is 0 Å². The summed E-state index contributed by atoms with van der Waals surface area (Å²) in [4.78, 5) is 4.97. The highest BCUT2D eigenvalue weighted by Gasteiger charge is 2.21. The van der Waals surface area contributed by atoms with E-state index < -0.39 is 0 Å². The number of hydrogen-bond acceptors (Lipinski definition) is 1. The molecule has 40 heavy (non-hydrogen) atoms. The van der Waals surface area contributed by atoms with Crippen LogP contribution in [0.2, 0.25) is 0 Å². The quantitative estimate of drug-likeness (QED) is 0.227. The molecule has 0 saturated heterocycles. The lowest BCUT2D eigenvalue weighted by Crippen LogP contribution is -1.95. The topological polar surface area (TPSA) is 22.8 Å². The molecule has 0 aliphatic rings. The van der Waals surface area contributed by atoms with Crippen molar-refractivity contribution in [3.63, 3.8) is 0 Å². The highest BCUT2D eigenvalue weighted by atomic mass is 15.0. The van der Waals surface area contributed by atoms with Gasteiger partial charge in [0.25, 0.3) is 0 Å². The van der Waals surface area contributed by atoms with E-state index >= 15 is 0 Å². The zero-order valence-electron chi connectivity index (χ0n) is 21.6. The molecule has 0 fully saturated rings. The van der Waals surface area contributed by atoms with Crippen molar-refractivity contribution in [1.82, 2.24) is 14.1 Å². The molecule has 0 N–H and O–H groups in total. The van der Waals surface area contributed by atoms with Gasteiger partial charge in [-0.3, -0.25) is 4.98 Å². The summed E-state index contributed by atoms with van der Waals surface area (Å²) in [7, 11) is 0. The Labute approximate surface area is 230 Å². The minimum Gasteiger partial charge on any atom is -0.309 e. The summed E-state index contributed by atoms with van der Waals surface area (Å²) >= 11 is 0. The molecule has 0 bridgehead atoms. The Bertz CT molecular complexity index is 2270. The lowest BCUT2D eigenvalue weighted by molar-refractivity contribution is 1.17. The van der Waals surface area contributed by atoms with E-state index in [1.165, 1.54) is 48.7 Å². The van der Waals surface area contributed by atoms with E-state index in [1.54, 1.807) is 0 Å². The number of benzene rings is 6. The summed E-state index contributed by atoms with van der Waals surface area (Å²) in [6, 6.07) is 48.1. The largest absolute Gasteiger partial charge is 0.309 e. The normalized spacial score (nSPS) is 12.0. The predicted octanol–water partition coefficient (Wildman–Crippen LogP) is 9.58. The van der Waals surface area contributed by atoms with Crippen LogP contribution in [0.3, 0.4) is 0 Å². The van der Waals surface area contributed by atoms with Crippen LogP contribution in [0.25, 0.3) is 76.7 Å². The fraction of sp³-hybridized carbons (Fsp3) is 0. The van der Waals surface area contributed by atoms with Gasteiger partial charge >= 0.3 is 0 Å². The van der Waals surface area contributed by atoms with E-state index in [-0.39, 0.29) is 0 Å². The summed E-state index contributed by atoms with van der Waals surface area (Å²) in [6.07, 6.45) is 1.91. The van der Waals surface area contributed by atoms with Crippen molar-refractivity contribution in [2.45, 2.75) is 0 Å². The van der Waals surface area contributed by atoms with E-state index in [9.17, 15) is 0 Å². The Morgan fingerprint density at radius 1 is 0.400 bits per heavy atom. The summed E-state index contributed by atoms with van der Waals surface area (Å²) in [5.74, 6) is 0. The summed E-state index contributed by atoms with van der Waals surface area (Å²) in [5, 5.41) is 8.62. The molecule has 0 aliphatic carbocycles. The molecule has 3 aromatic heterocycles. The van der Waals surface area contributed by atoms with Crippen LogP contribution in [0.15, 0.2) is 140 Å². The first-order valence-corrected chi connectivity index (χ1v) is 13.6. The van der Waals surface area contributed by atoms with Crippen LogP contribution in [0.5, 0.6) is 0 Å². The van der Waals surface area contributed by atoms with Crippen LogP contribution in [-0.2, 0) is 0 Å². The molecule has 0 aliphatic heterocycles. The lowest BCUT2D eigenvalue weighted by atomic mass is 10.1. The predicted molar refractivity (Wildman–Crippen MR) is 168 cm³/mol. The number of aromatic nitrogens is 3. The van der Waals surface area contributed by atoms with Gasteiger partial charge in [0.15, 0.2) is 0 Å². The first-order chi connectivity index (χ1) is 19.8. The number of fused-ring (bicyclic) bond motifs is 9. The zero-order chi connectivity index (χ0) is 26.2. The molecule has 0 amide bonds. The number of rotatable bonds is 2. The molecule has 0 unspecified atom stereocenters. The zero-order valence-corrected chi connectivity index (χ0v) is 21.6. The van der Waals surface area contributed by atoms with E-state index in [4.69, 9.17) is 4.98 Å². The van der Waals surface area contributed by atoms with E-state index in [1.807, 2.05) is 12.3 Å². The Balaban J connectivity index is 1.43. The minimum atomic E-state index is 1.03. The Morgan fingerprint density at radius 2 is 0.950 bits per heavy atom. The molecule has 0 radical (unpaired) electrons. The van der Waals surface area contributed by atoms with Crippen molar-refractivity contribution in [1.29, 1.82) is 0 Å². The Morgan fingerprint density at radius 3 is 1.65 bits per heavy atom. The Kier molecular flexibility index (Phi) is 4.33. The fourth-order valence-corrected chi connectivity index (χ4v) is 6.56. The molecule has 3 heteroatoms. The number of nitrogens with zero attached hydrogens (tertiary/aromatic N) is 3. The Hall–Kier alpha value is -5.41. The maximum atomic E-state index is 4.97. The van der Waals surface area contributed by atoms with Gasteiger partial charge in [-0.05, 0) is 76.1 Å². The van der Waals surface area contributed by atoms with Crippen molar-refractivity contribution in [3.05, 3.63) is 140 Å². The molecule has 0 spiro atoms. The van der Waals surface area contributed by atoms with Crippen molar-refractivity contribution in [2.24, 2.45) is 0 Å². The van der Waals surface area contributed by atoms with Gasteiger partial charge in [-0.25, -0.2) is 0 Å². The van der Waals surface area contributed by atoms with E-state index in [0.717, 1.165) is 27.9 Å². The van der Waals surface area contributed by atoms with E-state index in [2.05, 4.69) is 137 Å². The van der Waals surface area contributed by atoms with Gasteiger partial charge in [0, 0.05) is 33.7 Å². The van der Waals surface area contributed by atoms with Gasteiger partial charge in [0.2, 0.25) is 0 Å². The number of pyridine rings is 1. The molecule has 3 nitrogen and oxygen atoms in total. The molecule has 9 rings (SSSR count). The molecule has 0 atom stereocenters. The van der Waals surface area contributed by atoms with Crippen molar-refractivity contribution >= 4 is 65.3 Å². The maximum Gasteiger partial charge on any atom is 0.0970 e. The number of para-hydroxylation sites is 1. The van der Waals surface area contributed by atoms with Crippen molar-refractivity contribution in [3.8, 4) is 11.4 Å². The minimum absolute atomic E-state index is 1.03. The molecule has 3 heterocycles. The summed E-state index contributed by atoms with van der Waals surface area (Å²) in [5.41, 5.74) is 7.99. The second-order valence-corrected chi connectivity index (χ2v) is 10.5. The van der Waals surface area contributed by atoms with Crippen molar-refractivity contribution in [2.75, 3.05) is 0 Å². The highest BCUT2D eigenvalue weighted by Crippen LogP contribution is 2.42. The van der Waals surface area contributed by atoms with Gasteiger partial charge < -0.3 is 9.13 Å². The second-order valence-electron chi connectivity index (χ2n) is 10.5. The SMILES string of the molecule is c1ccc2cc(-n3c4ccccc4c4c5c6ncccc6n(-c6ccc7ccccc7c6)c5ccc43)ccc2c1. The molecular formula is C37H23N3. The first-order valence-electron chi connectivity index (χ1n) is 13.6. The molecule has 9 aromatic rings.